The number of anilines is 2. The number of hydrogen-bond acceptors (Lipinski definition) is 2. The second-order valence-electron chi connectivity index (χ2n) is 5.77. The van der Waals surface area contributed by atoms with Crippen molar-refractivity contribution in [3.05, 3.63) is 23.8 Å². The predicted molar refractivity (Wildman–Crippen MR) is 73.8 cm³/mol. The Morgan fingerprint density at radius 3 is 2.89 bits per heavy atom. The first kappa shape index (κ1) is 11.6. The van der Waals surface area contributed by atoms with Crippen LogP contribution in [0.2, 0.25) is 0 Å². The average Bonchev–Trinajstić information content (AvgIpc) is 2.98. The summed E-state index contributed by atoms with van der Waals surface area (Å²) in [5, 5.41) is 6.42. The Balaban J connectivity index is 1.74. The molecule has 3 rings (SSSR count). The molecular formula is C15H20N2O. The number of carbonyl (C=O) groups is 1. The Morgan fingerprint density at radius 2 is 2.11 bits per heavy atom. The Bertz CT molecular complexity index is 475. The van der Waals surface area contributed by atoms with Gasteiger partial charge in [-0.2, -0.15) is 0 Å². The van der Waals surface area contributed by atoms with Crippen LogP contribution in [-0.2, 0) is 11.2 Å². The molecule has 1 aliphatic carbocycles. The normalized spacial score (nSPS) is 20.3. The monoisotopic (exact) mass is 244 g/mol. The van der Waals surface area contributed by atoms with Crippen molar-refractivity contribution < 1.29 is 4.79 Å². The summed E-state index contributed by atoms with van der Waals surface area (Å²) >= 11 is 0. The number of fused-ring (bicyclic) bond motifs is 1. The summed E-state index contributed by atoms with van der Waals surface area (Å²) in [5.74, 6) is 0.186. The van der Waals surface area contributed by atoms with Crippen LogP contribution < -0.4 is 10.6 Å². The molecule has 1 aromatic rings. The molecule has 1 heterocycles. The summed E-state index contributed by atoms with van der Waals surface area (Å²) in [6, 6.07) is 6.16. The van der Waals surface area contributed by atoms with Crippen molar-refractivity contribution in [2.45, 2.75) is 39.0 Å². The van der Waals surface area contributed by atoms with E-state index in [-0.39, 0.29) is 11.3 Å². The van der Waals surface area contributed by atoms with Crippen LogP contribution >= 0.6 is 0 Å². The van der Waals surface area contributed by atoms with Gasteiger partial charge in [-0.15, -0.1) is 0 Å². The third kappa shape index (κ3) is 1.98. The van der Waals surface area contributed by atoms with Crippen molar-refractivity contribution >= 4 is 17.3 Å². The van der Waals surface area contributed by atoms with E-state index in [1.54, 1.807) is 0 Å². The van der Waals surface area contributed by atoms with E-state index >= 15 is 0 Å². The van der Waals surface area contributed by atoms with Gasteiger partial charge in [0.1, 0.15) is 0 Å². The van der Waals surface area contributed by atoms with Crippen molar-refractivity contribution in [3.63, 3.8) is 0 Å². The van der Waals surface area contributed by atoms with Gasteiger partial charge >= 0.3 is 0 Å². The molecule has 1 aromatic carbocycles. The molecule has 3 nitrogen and oxygen atoms in total. The zero-order valence-corrected chi connectivity index (χ0v) is 10.9. The van der Waals surface area contributed by atoms with Crippen molar-refractivity contribution in [1.29, 1.82) is 0 Å². The molecule has 0 bridgehead atoms. The maximum Gasteiger partial charge on any atom is 0.230 e. The second kappa shape index (κ2) is 4.30. The van der Waals surface area contributed by atoms with E-state index in [4.69, 9.17) is 0 Å². The van der Waals surface area contributed by atoms with Gasteiger partial charge in [-0.25, -0.2) is 0 Å². The first-order valence-electron chi connectivity index (χ1n) is 6.86. The van der Waals surface area contributed by atoms with E-state index in [2.05, 4.69) is 29.7 Å². The first-order valence-corrected chi connectivity index (χ1v) is 6.86. The molecule has 0 unspecified atom stereocenters. The molecule has 18 heavy (non-hydrogen) atoms. The fourth-order valence-electron chi connectivity index (χ4n) is 3.05. The molecule has 96 valence electrons. The van der Waals surface area contributed by atoms with Crippen LogP contribution in [0.25, 0.3) is 0 Å². The van der Waals surface area contributed by atoms with Gasteiger partial charge in [0, 0.05) is 23.3 Å². The minimum atomic E-state index is -0.155. The molecule has 3 heteroatoms. The van der Waals surface area contributed by atoms with Gasteiger partial charge < -0.3 is 10.6 Å². The van der Waals surface area contributed by atoms with Crippen LogP contribution in [0.4, 0.5) is 11.4 Å². The lowest BCUT2D eigenvalue weighted by Crippen LogP contribution is -2.30. The fraction of sp³-hybridized carbons (Fsp3) is 0.533. The highest BCUT2D eigenvalue weighted by Gasteiger charge is 2.36. The first-order chi connectivity index (χ1) is 8.67. The maximum atomic E-state index is 12.3. The molecule has 0 atom stereocenters. The predicted octanol–water partition coefficient (Wildman–Crippen LogP) is 3.17. The molecule has 1 saturated carbocycles. The lowest BCUT2D eigenvalue weighted by atomic mass is 9.88. The van der Waals surface area contributed by atoms with Crippen molar-refractivity contribution in [2.75, 3.05) is 17.2 Å². The van der Waals surface area contributed by atoms with Gasteiger partial charge in [0.05, 0.1) is 0 Å². The average molecular weight is 244 g/mol. The molecule has 1 fully saturated rings. The molecule has 2 N–H and O–H groups in total. The second-order valence-corrected chi connectivity index (χ2v) is 5.77. The topological polar surface area (TPSA) is 41.1 Å². The third-order valence-electron chi connectivity index (χ3n) is 4.33. The summed E-state index contributed by atoms with van der Waals surface area (Å²) < 4.78 is 0. The van der Waals surface area contributed by atoms with Crippen LogP contribution in [0.1, 0.15) is 38.2 Å². The fourth-order valence-corrected chi connectivity index (χ4v) is 3.05. The van der Waals surface area contributed by atoms with Crippen molar-refractivity contribution in [3.8, 4) is 0 Å². The molecular weight excluding hydrogens is 224 g/mol. The number of amides is 1. The largest absolute Gasteiger partial charge is 0.384 e. The van der Waals surface area contributed by atoms with E-state index in [0.29, 0.717) is 0 Å². The quantitative estimate of drug-likeness (QED) is 0.839. The van der Waals surface area contributed by atoms with Crippen LogP contribution in [0.3, 0.4) is 0 Å². The molecule has 0 spiro atoms. The van der Waals surface area contributed by atoms with Gasteiger partial charge in [-0.1, -0.05) is 19.8 Å². The molecule has 0 aromatic heterocycles. The van der Waals surface area contributed by atoms with Crippen molar-refractivity contribution in [2.24, 2.45) is 5.41 Å². The summed E-state index contributed by atoms with van der Waals surface area (Å²) in [4.78, 5) is 12.3. The number of hydrogen-bond donors (Lipinski definition) is 2. The molecule has 0 saturated heterocycles. The lowest BCUT2D eigenvalue weighted by Gasteiger charge is -2.22. The molecule has 1 aliphatic heterocycles. The van der Waals surface area contributed by atoms with E-state index in [0.717, 1.165) is 31.5 Å². The van der Waals surface area contributed by atoms with E-state index < -0.39 is 0 Å². The summed E-state index contributed by atoms with van der Waals surface area (Å²) in [6.45, 7) is 3.09. The Labute approximate surface area is 108 Å². The summed E-state index contributed by atoms with van der Waals surface area (Å²) in [5.41, 5.74) is 3.30. The standard InChI is InChI=1S/C15H20N2O/c1-15(7-2-3-8-15)14(18)17-12-4-5-13-11(10-12)6-9-16-13/h4-5,10,16H,2-3,6-9H2,1H3,(H,17,18). The highest BCUT2D eigenvalue weighted by molar-refractivity contribution is 5.95. The van der Waals surface area contributed by atoms with E-state index in [1.165, 1.54) is 24.1 Å². The number of rotatable bonds is 2. The van der Waals surface area contributed by atoms with E-state index in [1.807, 2.05) is 6.07 Å². The van der Waals surface area contributed by atoms with Gasteiger partial charge in [0.2, 0.25) is 5.91 Å². The number of carbonyl (C=O) groups excluding carboxylic acids is 1. The van der Waals surface area contributed by atoms with Crippen LogP contribution in [-0.4, -0.2) is 12.5 Å². The van der Waals surface area contributed by atoms with Gasteiger partial charge in [-0.3, -0.25) is 4.79 Å². The minimum Gasteiger partial charge on any atom is -0.384 e. The summed E-state index contributed by atoms with van der Waals surface area (Å²) in [7, 11) is 0. The zero-order valence-electron chi connectivity index (χ0n) is 10.9. The smallest absolute Gasteiger partial charge is 0.230 e. The Kier molecular flexibility index (Phi) is 2.77. The molecule has 0 radical (unpaired) electrons. The zero-order chi connectivity index (χ0) is 12.6. The van der Waals surface area contributed by atoms with Gasteiger partial charge in [-0.05, 0) is 43.0 Å². The van der Waals surface area contributed by atoms with Crippen LogP contribution in [0, 0.1) is 5.41 Å². The summed E-state index contributed by atoms with van der Waals surface area (Å²) in [6.07, 6.45) is 5.45. The van der Waals surface area contributed by atoms with Gasteiger partial charge in [0.15, 0.2) is 0 Å². The van der Waals surface area contributed by atoms with Crippen molar-refractivity contribution in [1.82, 2.24) is 0 Å². The SMILES string of the molecule is CC1(C(=O)Nc2ccc3c(c2)CCN3)CCCC1. The maximum absolute atomic E-state index is 12.3. The third-order valence-corrected chi connectivity index (χ3v) is 4.33. The number of nitrogens with one attached hydrogen (secondary N) is 2. The molecule has 1 amide bonds. The molecule has 2 aliphatic rings. The van der Waals surface area contributed by atoms with E-state index in [9.17, 15) is 4.79 Å². The minimum absolute atomic E-state index is 0.155. The Hall–Kier alpha value is -1.51. The van der Waals surface area contributed by atoms with Gasteiger partial charge in [0.25, 0.3) is 0 Å². The van der Waals surface area contributed by atoms with Crippen LogP contribution in [0.15, 0.2) is 18.2 Å². The number of benzene rings is 1. The lowest BCUT2D eigenvalue weighted by molar-refractivity contribution is -0.124. The van der Waals surface area contributed by atoms with Crippen LogP contribution in [0.5, 0.6) is 0 Å². The highest BCUT2D eigenvalue weighted by Crippen LogP contribution is 2.38. The Morgan fingerprint density at radius 1 is 1.33 bits per heavy atom. The highest BCUT2D eigenvalue weighted by atomic mass is 16.2.